The second-order valence-electron chi connectivity index (χ2n) is 3.12. The Kier molecular flexibility index (Phi) is 2.50. The molecule has 0 radical (unpaired) electrons. The zero-order chi connectivity index (χ0) is 10.1. The fourth-order valence-electron chi connectivity index (χ4n) is 1.44. The number of hydrogen-bond acceptors (Lipinski definition) is 4. The summed E-state index contributed by atoms with van der Waals surface area (Å²) < 4.78 is 10.4. The van der Waals surface area contributed by atoms with Crippen LogP contribution >= 0.6 is 15.9 Å². The van der Waals surface area contributed by atoms with Gasteiger partial charge in [0, 0.05) is 6.42 Å². The van der Waals surface area contributed by atoms with Crippen LogP contribution in [-0.2, 0) is 9.47 Å². The van der Waals surface area contributed by atoms with Gasteiger partial charge in [-0.25, -0.2) is 0 Å². The van der Waals surface area contributed by atoms with Gasteiger partial charge in [-0.15, -0.1) is 0 Å². The monoisotopic (exact) mass is 258 g/mol. The summed E-state index contributed by atoms with van der Waals surface area (Å²) in [6.45, 7) is 5.92. The molecule has 1 unspecified atom stereocenters. The van der Waals surface area contributed by atoms with Crippen molar-refractivity contribution in [3.8, 4) is 0 Å². The maximum atomic E-state index is 5.32. The fourth-order valence-corrected chi connectivity index (χ4v) is 2.07. The third kappa shape index (κ3) is 1.77. The number of ether oxygens (including phenoxy) is 2. The molecule has 0 aromatic carbocycles. The Bertz CT molecular complexity index is 336. The van der Waals surface area contributed by atoms with E-state index in [1.165, 1.54) is 0 Å². The molecular formula is C9H11BrN2O2. The van der Waals surface area contributed by atoms with E-state index in [0.717, 1.165) is 18.0 Å². The molecular weight excluding hydrogens is 248 g/mol. The van der Waals surface area contributed by atoms with E-state index < -0.39 is 0 Å². The van der Waals surface area contributed by atoms with Crippen molar-refractivity contribution >= 4 is 21.8 Å². The second-order valence-corrected chi connectivity index (χ2v) is 4.17. The largest absolute Gasteiger partial charge is 0.454 e. The lowest BCUT2D eigenvalue weighted by Crippen LogP contribution is -2.28. The van der Waals surface area contributed by atoms with Crippen molar-refractivity contribution in [1.29, 1.82) is 0 Å². The minimum atomic E-state index is 0.100. The second kappa shape index (κ2) is 3.65. The summed E-state index contributed by atoms with van der Waals surface area (Å²) in [5.74, 6) is 2.16. The van der Waals surface area contributed by atoms with Crippen LogP contribution in [0.4, 0.5) is 0 Å². The van der Waals surface area contributed by atoms with E-state index in [2.05, 4.69) is 32.8 Å². The Balaban J connectivity index is 2.27. The SMILES string of the molecule is C=C1OCO/C1=C1/CC(Br)N=C(C)N1. The fraction of sp³-hybridized carbons (Fsp3) is 0.444. The van der Waals surface area contributed by atoms with E-state index in [9.17, 15) is 0 Å². The number of nitrogens with zero attached hydrogens (tertiary/aromatic N) is 1. The first-order valence-electron chi connectivity index (χ1n) is 4.30. The molecule has 0 spiro atoms. The molecule has 0 saturated carbocycles. The van der Waals surface area contributed by atoms with Crippen molar-refractivity contribution in [2.24, 2.45) is 4.99 Å². The van der Waals surface area contributed by atoms with Crippen LogP contribution in [0.25, 0.3) is 0 Å². The molecule has 0 amide bonds. The molecule has 14 heavy (non-hydrogen) atoms. The summed E-state index contributed by atoms with van der Waals surface area (Å²) in [5.41, 5.74) is 0.974. The number of nitrogens with one attached hydrogen (secondary N) is 1. The van der Waals surface area contributed by atoms with Gasteiger partial charge in [0.1, 0.15) is 4.95 Å². The first-order valence-corrected chi connectivity index (χ1v) is 5.22. The molecule has 2 rings (SSSR count). The lowest BCUT2D eigenvalue weighted by molar-refractivity contribution is 0.0969. The average molecular weight is 259 g/mol. The number of hydrogen-bond donors (Lipinski definition) is 1. The van der Waals surface area contributed by atoms with Crippen molar-refractivity contribution in [3.63, 3.8) is 0 Å². The quantitative estimate of drug-likeness (QED) is 0.533. The Morgan fingerprint density at radius 1 is 1.57 bits per heavy atom. The molecule has 1 fully saturated rings. The number of halogens is 1. The molecule has 0 aromatic rings. The van der Waals surface area contributed by atoms with Crippen molar-refractivity contribution in [3.05, 3.63) is 23.8 Å². The highest BCUT2D eigenvalue weighted by Crippen LogP contribution is 2.27. The summed E-state index contributed by atoms with van der Waals surface area (Å²) in [4.78, 5) is 4.39. The van der Waals surface area contributed by atoms with Gasteiger partial charge < -0.3 is 14.8 Å². The van der Waals surface area contributed by atoms with E-state index in [1.54, 1.807) is 0 Å². The molecule has 4 nitrogen and oxygen atoms in total. The molecule has 1 N–H and O–H groups in total. The summed E-state index contributed by atoms with van der Waals surface area (Å²) in [7, 11) is 0. The predicted molar refractivity (Wildman–Crippen MR) is 56.8 cm³/mol. The zero-order valence-corrected chi connectivity index (χ0v) is 9.43. The van der Waals surface area contributed by atoms with Crippen LogP contribution in [0.1, 0.15) is 13.3 Å². The number of alkyl halides is 1. The van der Waals surface area contributed by atoms with Gasteiger partial charge in [0.25, 0.3) is 0 Å². The van der Waals surface area contributed by atoms with Gasteiger partial charge in [0.05, 0.1) is 11.5 Å². The third-order valence-electron chi connectivity index (χ3n) is 2.00. The lowest BCUT2D eigenvalue weighted by Gasteiger charge is -2.20. The molecule has 1 saturated heterocycles. The van der Waals surface area contributed by atoms with Gasteiger partial charge in [-0.05, 0) is 6.92 Å². The Morgan fingerprint density at radius 2 is 2.36 bits per heavy atom. The first kappa shape index (κ1) is 9.58. The Hall–Kier alpha value is -0.970. The molecule has 1 atom stereocenters. The highest BCUT2D eigenvalue weighted by Gasteiger charge is 2.24. The van der Waals surface area contributed by atoms with Crippen LogP contribution in [0.2, 0.25) is 0 Å². The maximum Gasteiger partial charge on any atom is 0.231 e. The predicted octanol–water partition coefficient (Wildman–Crippen LogP) is 1.85. The highest BCUT2D eigenvalue weighted by atomic mass is 79.9. The first-order chi connectivity index (χ1) is 6.66. The number of aliphatic imine (C=N–C) groups is 1. The Morgan fingerprint density at radius 3 is 2.93 bits per heavy atom. The Labute approximate surface area is 90.8 Å². The molecule has 76 valence electrons. The summed E-state index contributed by atoms with van der Waals surface area (Å²) in [6, 6.07) is 0. The van der Waals surface area contributed by atoms with Crippen molar-refractivity contribution in [2.45, 2.75) is 18.3 Å². The maximum absolute atomic E-state index is 5.32. The summed E-state index contributed by atoms with van der Waals surface area (Å²) in [5, 5.41) is 3.15. The number of rotatable bonds is 0. The van der Waals surface area contributed by atoms with Crippen molar-refractivity contribution in [1.82, 2.24) is 5.32 Å². The molecule has 0 aliphatic carbocycles. The van der Waals surface area contributed by atoms with E-state index in [0.29, 0.717) is 11.5 Å². The van der Waals surface area contributed by atoms with Crippen LogP contribution in [-0.4, -0.2) is 17.6 Å². The third-order valence-corrected chi connectivity index (χ3v) is 2.53. The minimum absolute atomic E-state index is 0.100. The van der Waals surface area contributed by atoms with Crippen molar-refractivity contribution < 1.29 is 9.47 Å². The normalized spacial score (nSPS) is 31.7. The standard InChI is InChI=1S/C9H11BrN2O2/c1-5-9(14-4-13-5)7-3-8(10)12-6(2)11-7/h8H,1,3-4H2,2H3,(H,11,12)/b9-7-. The molecule has 2 aliphatic heterocycles. The molecule has 0 aromatic heterocycles. The zero-order valence-electron chi connectivity index (χ0n) is 7.84. The van der Waals surface area contributed by atoms with Crippen LogP contribution in [0.3, 0.4) is 0 Å². The van der Waals surface area contributed by atoms with E-state index in [-0.39, 0.29) is 11.7 Å². The summed E-state index contributed by atoms with van der Waals surface area (Å²) >= 11 is 3.45. The van der Waals surface area contributed by atoms with Crippen LogP contribution < -0.4 is 5.32 Å². The van der Waals surface area contributed by atoms with E-state index in [4.69, 9.17) is 9.47 Å². The smallest absolute Gasteiger partial charge is 0.231 e. The molecule has 2 aliphatic rings. The molecule has 5 heteroatoms. The van der Waals surface area contributed by atoms with Gasteiger partial charge >= 0.3 is 0 Å². The molecule has 2 heterocycles. The van der Waals surface area contributed by atoms with Gasteiger partial charge in [0.2, 0.25) is 6.79 Å². The van der Waals surface area contributed by atoms with Crippen molar-refractivity contribution in [2.75, 3.05) is 6.79 Å². The minimum Gasteiger partial charge on any atom is -0.454 e. The van der Waals surface area contributed by atoms with Crippen LogP contribution in [0.15, 0.2) is 28.8 Å². The van der Waals surface area contributed by atoms with Gasteiger partial charge in [-0.1, -0.05) is 22.5 Å². The number of amidine groups is 1. The molecule has 0 bridgehead atoms. The van der Waals surface area contributed by atoms with Gasteiger partial charge in [0.15, 0.2) is 11.5 Å². The topological polar surface area (TPSA) is 42.9 Å². The van der Waals surface area contributed by atoms with Crippen LogP contribution in [0, 0.1) is 0 Å². The van der Waals surface area contributed by atoms with Gasteiger partial charge in [-0.3, -0.25) is 4.99 Å². The van der Waals surface area contributed by atoms with E-state index >= 15 is 0 Å². The highest BCUT2D eigenvalue weighted by molar-refractivity contribution is 9.09. The van der Waals surface area contributed by atoms with Gasteiger partial charge in [-0.2, -0.15) is 0 Å². The summed E-state index contributed by atoms with van der Waals surface area (Å²) in [6.07, 6.45) is 0.759. The average Bonchev–Trinajstić information content (AvgIpc) is 2.49. The van der Waals surface area contributed by atoms with Crippen LogP contribution in [0.5, 0.6) is 0 Å². The van der Waals surface area contributed by atoms with E-state index in [1.807, 2.05) is 6.92 Å². The lowest BCUT2D eigenvalue weighted by atomic mass is 10.2.